The number of aryl methyl sites for hydroxylation is 1. The summed E-state index contributed by atoms with van der Waals surface area (Å²) in [6.45, 7) is 1.68. The second-order valence-electron chi connectivity index (χ2n) is 5.79. The van der Waals surface area contributed by atoms with E-state index in [9.17, 15) is 9.59 Å². The Balaban J connectivity index is 1.39. The minimum Gasteiger partial charge on any atom is -0.478 e. The van der Waals surface area contributed by atoms with Gasteiger partial charge >= 0.3 is 0 Å². The number of rotatable bonds is 5. The van der Waals surface area contributed by atoms with Crippen molar-refractivity contribution >= 4 is 22.4 Å². The maximum Gasteiger partial charge on any atom is 0.264 e. The molecule has 9 heteroatoms. The van der Waals surface area contributed by atoms with Gasteiger partial charge < -0.3 is 19.2 Å². The Kier molecular flexibility index (Phi) is 4.51. The second-order valence-corrected chi connectivity index (χ2v) is 6.65. The molecule has 0 aliphatic carbocycles. The van der Waals surface area contributed by atoms with Gasteiger partial charge in [0.15, 0.2) is 29.0 Å². The summed E-state index contributed by atoms with van der Waals surface area (Å²) in [6, 6.07) is 6.95. The molecule has 27 heavy (non-hydrogen) atoms. The van der Waals surface area contributed by atoms with E-state index in [1.165, 1.54) is 23.6 Å². The number of nitrogens with one attached hydrogen (secondary N) is 2. The topological polar surface area (TPSA) is 103 Å². The van der Waals surface area contributed by atoms with Gasteiger partial charge in [-0.05, 0) is 25.1 Å². The number of carbonyl (C=O) groups is 1. The SMILES string of the molecule is Cc1cc(=O)c(OCC(=O)Nc2nc(-c3ccc4c(c3)OCO4)cs2)c[nH]1. The van der Waals surface area contributed by atoms with E-state index in [0.29, 0.717) is 22.3 Å². The van der Waals surface area contributed by atoms with Crippen LogP contribution < -0.4 is 25.0 Å². The van der Waals surface area contributed by atoms with Gasteiger partial charge in [0.2, 0.25) is 12.2 Å². The molecule has 2 aromatic heterocycles. The molecule has 0 fully saturated rings. The van der Waals surface area contributed by atoms with E-state index >= 15 is 0 Å². The van der Waals surface area contributed by atoms with Gasteiger partial charge in [0.25, 0.3) is 5.91 Å². The van der Waals surface area contributed by atoms with E-state index in [1.54, 1.807) is 6.92 Å². The Morgan fingerprint density at radius 2 is 2.19 bits per heavy atom. The van der Waals surface area contributed by atoms with Crippen molar-refractivity contribution in [3.63, 3.8) is 0 Å². The van der Waals surface area contributed by atoms with E-state index in [0.717, 1.165) is 11.3 Å². The molecule has 0 radical (unpaired) electrons. The van der Waals surface area contributed by atoms with E-state index in [2.05, 4.69) is 15.3 Å². The first-order chi connectivity index (χ1) is 13.1. The lowest BCUT2D eigenvalue weighted by Crippen LogP contribution is -2.22. The maximum atomic E-state index is 12.0. The zero-order valence-corrected chi connectivity index (χ0v) is 15.1. The Hall–Kier alpha value is -3.33. The molecule has 1 aliphatic heterocycles. The summed E-state index contributed by atoms with van der Waals surface area (Å²) in [6.07, 6.45) is 1.44. The van der Waals surface area contributed by atoms with Crippen molar-refractivity contribution in [2.24, 2.45) is 0 Å². The van der Waals surface area contributed by atoms with Gasteiger partial charge in [-0.1, -0.05) is 0 Å². The van der Waals surface area contributed by atoms with Crippen LogP contribution in [0.3, 0.4) is 0 Å². The van der Waals surface area contributed by atoms with Gasteiger partial charge in [-0.25, -0.2) is 4.98 Å². The van der Waals surface area contributed by atoms with Crippen LogP contribution in [-0.4, -0.2) is 29.3 Å². The molecule has 4 rings (SSSR count). The maximum absolute atomic E-state index is 12.0. The van der Waals surface area contributed by atoms with Crippen molar-refractivity contribution < 1.29 is 19.0 Å². The molecule has 0 bridgehead atoms. The van der Waals surface area contributed by atoms with Gasteiger partial charge in [-0.15, -0.1) is 11.3 Å². The number of fused-ring (bicyclic) bond motifs is 1. The number of nitrogens with zero attached hydrogens (tertiary/aromatic N) is 1. The van der Waals surface area contributed by atoms with E-state index in [4.69, 9.17) is 14.2 Å². The lowest BCUT2D eigenvalue weighted by atomic mass is 10.1. The molecule has 1 aromatic carbocycles. The largest absolute Gasteiger partial charge is 0.478 e. The van der Waals surface area contributed by atoms with Crippen LogP contribution in [0.15, 0.2) is 40.6 Å². The van der Waals surface area contributed by atoms with Crippen LogP contribution in [0, 0.1) is 6.92 Å². The average Bonchev–Trinajstić information content (AvgIpc) is 3.29. The summed E-state index contributed by atoms with van der Waals surface area (Å²) in [5.74, 6) is 1.06. The van der Waals surface area contributed by atoms with Crippen LogP contribution in [0.2, 0.25) is 0 Å². The number of hydrogen-bond donors (Lipinski definition) is 2. The average molecular weight is 385 g/mol. The first-order valence-corrected chi connectivity index (χ1v) is 8.94. The molecule has 0 saturated heterocycles. The molecule has 0 saturated carbocycles. The fourth-order valence-electron chi connectivity index (χ4n) is 2.49. The minimum atomic E-state index is -0.401. The van der Waals surface area contributed by atoms with Gasteiger partial charge in [0.05, 0.1) is 5.69 Å². The number of benzene rings is 1. The number of hydrogen-bond acceptors (Lipinski definition) is 7. The van der Waals surface area contributed by atoms with Gasteiger partial charge in [-0.3, -0.25) is 14.9 Å². The Labute approximate surface area is 157 Å². The fraction of sp³-hybridized carbons (Fsp3) is 0.167. The normalized spacial score (nSPS) is 12.0. The number of thiazole rings is 1. The first kappa shape index (κ1) is 17.1. The molecule has 0 unspecified atom stereocenters. The van der Waals surface area contributed by atoms with Crippen molar-refractivity contribution in [1.82, 2.24) is 9.97 Å². The molecule has 0 atom stereocenters. The summed E-state index contributed by atoms with van der Waals surface area (Å²) >= 11 is 1.29. The monoisotopic (exact) mass is 385 g/mol. The predicted molar refractivity (Wildman–Crippen MR) is 99.6 cm³/mol. The molecule has 2 N–H and O–H groups in total. The third-order valence-electron chi connectivity index (χ3n) is 3.80. The van der Waals surface area contributed by atoms with Crippen LogP contribution in [-0.2, 0) is 4.79 Å². The van der Waals surface area contributed by atoms with Crippen molar-refractivity contribution in [3.05, 3.63) is 51.8 Å². The third-order valence-corrected chi connectivity index (χ3v) is 4.56. The summed E-state index contributed by atoms with van der Waals surface area (Å²) in [7, 11) is 0. The number of pyridine rings is 1. The van der Waals surface area contributed by atoms with E-state index in [-0.39, 0.29) is 24.6 Å². The van der Waals surface area contributed by atoms with Crippen molar-refractivity contribution in [3.8, 4) is 28.5 Å². The molecule has 3 heterocycles. The number of H-pyrrole nitrogens is 1. The molecular formula is C18H15N3O5S. The van der Waals surface area contributed by atoms with Gasteiger partial charge in [0, 0.05) is 28.9 Å². The molecule has 1 aliphatic rings. The second kappa shape index (κ2) is 7.12. The smallest absolute Gasteiger partial charge is 0.264 e. The van der Waals surface area contributed by atoms with Crippen molar-refractivity contribution in [1.29, 1.82) is 0 Å². The van der Waals surface area contributed by atoms with Crippen LogP contribution in [0.4, 0.5) is 5.13 Å². The van der Waals surface area contributed by atoms with Crippen molar-refractivity contribution in [2.45, 2.75) is 6.92 Å². The first-order valence-electron chi connectivity index (χ1n) is 8.06. The standard InChI is InChI=1S/C18H15N3O5S/c1-10-4-13(22)16(6-19-10)24-7-17(23)21-18-20-12(8-27-18)11-2-3-14-15(5-11)26-9-25-14/h2-6,8H,7,9H2,1H3,(H,19,22)(H,20,21,23). The van der Waals surface area contributed by atoms with Crippen LogP contribution in [0.1, 0.15) is 5.69 Å². The lowest BCUT2D eigenvalue weighted by Gasteiger charge is -2.05. The molecule has 138 valence electrons. The quantitative estimate of drug-likeness (QED) is 0.700. The highest BCUT2D eigenvalue weighted by molar-refractivity contribution is 7.14. The fourth-order valence-corrected chi connectivity index (χ4v) is 3.23. The molecule has 1 amide bonds. The number of carbonyl (C=O) groups excluding carboxylic acids is 1. The summed E-state index contributed by atoms with van der Waals surface area (Å²) in [4.78, 5) is 31.1. The van der Waals surface area contributed by atoms with Crippen LogP contribution in [0.25, 0.3) is 11.3 Å². The number of amides is 1. The molecule has 3 aromatic rings. The van der Waals surface area contributed by atoms with E-state index in [1.807, 2.05) is 23.6 Å². The van der Waals surface area contributed by atoms with Crippen molar-refractivity contribution in [2.75, 3.05) is 18.7 Å². The Morgan fingerprint density at radius 1 is 1.33 bits per heavy atom. The Morgan fingerprint density at radius 3 is 3.04 bits per heavy atom. The van der Waals surface area contributed by atoms with Crippen LogP contribution in [0.5, 0.6) is 17.2 Å². The van der Waals surface area contributed by atoms with E-state index < -0.39 is 5.91 Å². The number of anilines is 1. The summed E-state index contributed by atoms with van der Waals surface area (Å²) in [5, 5.41) is 4.93. The highest BCUT2D eigenvalue weighted by Gasteiger charge is 2.15. The predicted octanol–water partition coefficient (Wildman–Crippen LogP) is 2.55. The lowest BCUT2D eigenvalue weighted by molar-refractivity contribution is -0.118. The minimum absolute atomic E-state index is 0.0935. The van der Waals surface area contributed by atoms with Gasteiger partial charge in [0.1, 0.15) is 0 Å². The molecule has 8 nitrogen and oxygen atoms in total. The number of ether oxygens (including phenoxy) is 3. The van der Waals surface area contributed by atoms with Crippen LogP contribution >= 0.6 is 11.3 Å². The third kappa shape index (κ3) is 3.77. The van der Waals surface area contributed by atoms with Gasteiger partial charge in [-0.2, -0.15) is 0 Å². The number of aromatic nitrogens is 2. The number of aromatic amines is 1. The summed E-state index contributed by atoms with van der Waals surface area (Å²) in [5.41, 5.74) is 2.01. The highest BCUT2D eigenvalue weighted by atomic mass is 32.1. The zero-order chi connectivity index (χ0) is 18.8. The molecular weight excluding hydrogens is 370 g/mol. The summed E-state index contributed by atoms with van der Waals surface area (Å²) < 4.78 is 15.9. The Bertz CT molecular complexity index is 1060. The zero-order valence-electron chi connectivity index (χ0n) is 14.3. The molecule has 0 spiro atoms. The highest BCUT2D eigenvalue weighted by Crippen LogP contribution is 2.36.